The summed E-state index contributed by atoms with van der Waals surface area (Å²) in [5, 5.41) is 17.9. The lowest BCUT2D eigenvalue weighted by atomic mass is 10.1. The maximum atomic E-state index is 13.4. The molecule has 0 atom stereocenters. The SMILES string of the molecule is Cc1ccc(Oc2ccc(C(=O)O)cc2C#N)cc1F. The number of benzene rings is 2. The lowest BCUT2D eigenvalue weighted by molar-refractivity contribution is 0.0697. The normalized spacial score (nSPS) is 9.85. The monoisotopic (exact) mass is 271 g/mol. The molecule has 0 aliphatic carbocycles. The number of aryl methyl sites for hydroxylation is 1. The third kappa shape index (κ3) is 2.75. The molecule has 2 aromatic rings. The van der Waals surface area contributed by atoms with E-state index in [-0.39, 0.29) is 22.6 Å². The van der Waals surface area contributed by atoms with E-state index in [1.165, 1.54) is 24.3 Å². The first kappa shape index (κ1) is 13.6. The second kappa shape index (κ2) is 5.41. The molecule has 100 valence electrons. The van der Waals surface area contributed by atoms with Gasteiger partial charge in [0.25, 0.3) is 0 Å². The smallest absolute Gasteiger partial charge is 0.335 e. The number of carboxylic acid groups (broad SMARTS) is 1. The van der Waals surface area contributed by atoms with Crippen LogP contribution in [0.1, 0.15) is 21.5 Å². The molecule has 1 N–H and O–H groups in total. The van der Waals surface area contributed by atoms with Gasteiger partial charge < -0.3 is 9.84 Å². The molecule has 0 bridgehead atoms. The summed E-state index contributed by atoms with van der Waals surface area (Å²) in [5.41, 5.74) is 0.550. The van der Waals surface area contributed by atoms with Crippen LogP contribution in [0.2, 0.25) is 0 Å². The van der Waals surface area contributed by atoms with E-state index in [9.17, 15) is 9.18 Å². The first-order chi connectivity index (χ1) is 9.51. The van der Waals surface area contributed by atoms with Crippen molar-refractivity contribution in [3.05, 3.63) is 58.9 Å². The van der Waals surface area contributed by atoms with Crippen LogP contribution in [0.5, 0.6) is 11.5 Å². The summed E-state index contributed by atoms with van der Waals surface area (Å²) in [6, 6.07) is 10.1. The topological polar surface area (TPSA) is 70.3 Å². The minimum absolute atomic E-state index is 0.0102. The number of ether oxygens (including phenoxy) is 1. The Bertz CT molecular complexity index is 720. The zero-order valence-electron chi connectivity index (χ0n) is 10.6. The van der Waals surface area contributed by atoms with Crippen molar-refractivity contribution in [1.29, 1.82) is 5.26 Å². The molecule has 0 saturated carbocycles. The summed E-state index contributed by atoms with van der Waals surface area (Å²) in [5.74, 6) is -1.12. The molecule has 0 unspecified atom stereocenters. The zero-order chi connectivity index (χ0) is 14.7. The molecule has 20 heavy (non-hydrogen) atoms. The minimum atomic E-state index is -1.13. The Balaban J connectivity index is 2.36. The number of rotatable bonds is 3. The van der Waals surface area contributed by atoms with Crippen LogP contribution in [0.15, 0.2) is 36.4 Å². The highest BCUT2D eigenvalue weighted by molar-refractivity contribution is 5.88. The van der Waals surface area contributed by atoms with Crippen molar-refractivity contribution in [3.63, 3.8) is 0 Å². The minimum Gasteiger partial charge on any atom is -0.478 e. The van der Waals surface area contributed by atoms with Gasteiger partial charge in [-0.05, 0) is 36.8 Å². The van der Waals surface area contributed by atoms with Crippen molar-refractivity contribution in [3.8, 4) is 17.6 Å². The average Bonchev–Trinajstić information content (AvgIpc) is 2.43. The van der Waals surface area contributed by atoms with Crippen molar-refractivity contribution in [2.75, 3.05) is 0 Å². The van der Waals surface area contributed by atoms with E-state index >= 15 is 0 Å². The van der Waals surface area contributed by atoms with E-state index in [2.05, 4.69) is 0 Å². The summed E-state index contributed by atoms with van der Waals surface area (Å²) in [7, 11) is 0. The van der Waals surface area contributed by atoms with Crippen LogP contribution >= 0.6 is 0 Å². The van der Waals surface area contributed by atoms with E-state index in [1.54, 1.807) is 19.1 Å². The fourth-order valence-corrected chi connectivity index (χ4v) is 1.60. The van der Waals surface area contributed by atoms with Gasteiger partial charge in [-0.25, -0.2) is 9.18 Å². The van der Waals surface area contributed by atoms with Crippen molar-refractivity contribution in [2.45, 2.75) is 6.92 Å². The predicted octanol–water partition coefficient (Wildman–Crippen LogP) is 3.50. The van der Waals surface area contributed by atoms with Gasteiger partial charge >= 0.3 is 5.97 Å². The standard InChI is InChI=1S/C15H10FNO3/c1-9-2-4-12(7-13(9)16)20-14-5-3-10(15(18)19)6-11(14)8-17/h2-7H,1H3,(H,18,19). The number of carbonyl (C=O) groups is 1. The van der Waals surface area contributed by atoms with Crippen LogP contribution in [0, 0.1) is 24.1 Å². The van der Waals surface area contributed by atoms with Gasteiger partial charge in [0, 0.05) is 6.07 Å². The van der Waals surface area contributed by atoms with Crippen LogP contribution in [0.3, 0.4) is 0 Å². The van der Waals surface area contributed by atoms with Crippen molar-refractivity contribution in [1.82, 2.24) is 0 Å². The Morgan fingerprint density at radius 3 is 2.65 bits per heavy atom. The Hall–Kier alpha value is -2.87. The maximum Gasteiger partial charge on any atom is 0.335 e. The average molecular weight is 271 g/mol. The van der Waals surface area contributed by atoms with Gasteiger partial charge in [0.15, 0.2) is 0 Å². The third-order valence-corrected chi connectivity index (χ3v) is 2.72. The lowest BCUT2D eigenvalue weighted by Gasteiger charge is -2.08. The summed E-state index contributed by atoms with van der Waals surface area (Å²) in [6.07, 6.45) is 0. The molecule has 0 aromatic heterocycles. The van der Waals surface area contributed by atoms with Gasteiger partial charge in [0.1, 0.15) is 23.4 Å². The number of nitrogens with zero attached hydrogens (tertiary/aromatic N) is 1. The van der Waals surface area contributed by atoms with Crippen molar-refractivity contribution in [2.24, 2.45) is 0 Å². The van der Waals surface area contributed by atoms with Crippen LogP contribution in [0.25, 0.3) is 0 Å². The third-order valence-electron chi connectivity index (χ3n) is 2.72. The molecule has 0 spiro atoms. The molecule has 4 nitrogen and oxygen atoms in total. The lowest BCUT2D eigenvalue weighted by Crippen LogP contribution is -1.98. The summed E-state index contributed by atoms with van der Waals surface area (Å²) in [4.78, 5) is 10.8. The number of aromatic carboxylic acids is 1. The maximum absolute atomic E-state index is 13.4. The highest BCUT2D eigenvalue weighted by Gasteiger charge is 2.10. The highest BCUT2D eigenvalue weighted by Crippen LogP contribution is 2.27. The van der Waals surface area contributed by atoms with Gasteiger partial charge in [0.2, 0.25) is 0 Å². The van der Waals surface area contributed by atoms with E-state index < -0.39 is 11.8 Å². The number of carboxylic acids is 1. The summed E-state index contributed by atoms with van der Waals surface area (Å²) < 4.78 is 18.8. The number of nitriles is 1. The molecule has 0 heterocycles. The fraction of sp³-hybridized carbons (Fsp3) is 0.0667. The number of hydrogen-bond acceptors (Lipinski definition) is 3. The van der Waals surface area contributed by atoms with E-state index in [0.29, 0.717) is 5.56 Å². The van der Waals surface area contributed by atoms with E-state index in [0.717, 1.165) is 0 Å². The van der Waals surface area contributed by atoms with Crippen LogP contribution in [-0.2, 0) is 0 Å². The van der Waals surface area contributed by atoms with Crippen LogP contribution in [-0.4, -0.2) is 11.1 Å². The molecule has 0 saturated heterocycles. The Morgan fingerprint density at radius 2 is 2.05 bits per heavy atom. The Kier molecular flexibility index (Phi) is 3.67. The second-order valence-electron chi connectivity index (χ2n) is 4.14. The summed E-state index contributed by atoms with van der Waals surface area (Å²) in [6.45, 7) is 1.63. The number of hydrogen-bond donors (Lipinski definition) is 1. The Morgan fingerprint density at radius 1 is 1.30 bits per heavy atom. The van der Waals surface area contributed by atoms with Crippen molar-refractivity contribution < 1.29 is 19.0 Å². The van der Waals surface area contributed by atoms with Crippen LogP contribution in [0.4, 0.5) is 4.39 Å². The molecule has 2 rings (SSSR count). The van der Waals surface area contributed by atoms with Crippen LogP contribution < -0.4 is 4.74 Å². The molecule has 0 aliphatic rings. The zero-order valence-corrected chi connectivity index (χ0v) is 10.6. The molecular formula is C15H10FNO3. The summed E-state index contributed by atoms with van der Waals surface area (Å²) >= 11 is 0. The van der Waals surface area contributed by atoms with Gasteiger partial charge in [-0.15, -0.1) is 0 Å². The molecule has 0 amide bonds. The van der Waals surface area contributed by atoms with Gasteiger partial charge in [-0.2, -0.15) is 5.26 Å². The van der Waals surface area contributed by atoms with Gasteiger partial charge in [0.05, 0.1) is 11.1 Å². The molecular weight excluding hydrogens is 261 g/mol. The fourth-order valence-electron chi connectivity index (χ4n) is 1.60. The molecule has 0 fully saturated rings. The first-order valence-corrected chi connectivity index (χ1v) is 5.72. The van der Waals surface area contributed by atoms with E-state index in [4.69, 9.17) is 15.1 Å². The number of halogens is 1. The highest BCUT2D eigenvalue weighted by atomic mass is 19.1. The Labute approximate surface area is 114 Å². The molecule has 0 radical (unpaired) electrons. The van der Waals surface area contributed by atoms with Crippen molar-refractivity contribution >= 4 is 5.97 Å². The predicted molar refractivity (Wildman–Crippen MR) is 69.3 cm³/mol. The quantitative estimate of drug-likeness (QED) is 0.927. The first-order valence-electron chi connectivity index (χ1n) is 5.72. The van der Waals surface area contributed by atoms with E-state index in [1.807, 2.05) is 6.07 Å². The second-order valence-corrected chi connectivity index (χ2v) is 4.14. The largest absolute Gasteiger partial charge is 0.478 e. The molecule has 2 aromatic carbocycles. The molecule has 5 heteroatoms. The van der Waals surface area contributed by atoms with Gasteiger partial charge in [-0.3, -0.25) is 0 Å². The van der Waals surface area contributed by atoms with Gasteiger partial charge in [-0.1, -0.05) is 6.07 Å². The molecule has 0 aliphatic heterocycles.